The molecule has 3 aromatic rings. The molecular weight excluding hydrogens is 349 g/mol. The Balaban J connectivity index is 1.44. The van der Waals surface area contributed by atoms with Crippen LogP contribution in [0.15, 0.2) is 43.0 Å². The third-order valence-corrected chi connectivity index (χ3v) is 4.56. The molecule has 1 saturated heterocycles. The molecule has 0 unspecified atom stereocenters. The lowest BCUT2D eigenvalue weighted by atomic mass is 10.2. The number of aryl methyl sites for hydroxylation is 1. The lowest BCUT2D eigenvalue weighted by molar-refractivity contribution is 0.0740. The van der Waals surface area contributed by atoms with E-state index >= 15 is 0 Å². The van der Waals surface area contributed by atoms with E-state index in [4.69, 9.17) is 0 Å². The molecule has 0 radical (unpaired) electrons. The number of benzene rings is 1. The molecule has 27 heavy (non-hydrogen) atoms. The summed E-state index contributed by atoms with van der Waals surface area (Å²) in [5, 5.41) is 8.02. The quantitative estimate of drug-likeness (QED) is 0.697. The third kappa shape index (κ3) is 3.48. The first-order valence-corrected chi connectivity index (χ1v) is 8.61. The van der Waals surface area contributed by atoms with E-state index in [0.717, 1.165) is 11.4 Å². The molecular formula is C18H18FN7O. The van der Waals surface area contributed by atoms with Crippen LogP contribution in [0.2, 0.25) is 0 Å². The zero-order chi connectivity index (χ0) is 18.8. The summed E-state index contributed by atoms with van der Waals surface area (Å²) in [6.45, 7) is 4.27. The number of anilines is 1. The molecule has 1 amide bonds. The average molecular weight is 367 g/mol. The van der Waals surface area contributed by atoms with E-state index in [1.807, 2.05) is 0 Å². The summed E-state index contributed by atoms with van der Waals surface area (Å²) in [6, 6.07) is 4.40. The molecule has 8 nitrogen and oxygen atoms in total. The Hall–Kier alpha value is -3.36. The van der Waals surface area contributed by atoms with E-state index in [0.29, 0.717) is 31.9 Å². The summed E-state index contributed by atoms with van der Waals surface area (Å²) in [7, 11) is 0. The van der Waals surface area contributed by atoms with Crippen LogP contribution in [0.3, 0.4) is 0 Å². The molecule has 0 aliphatic carbocycles. The van der Waals surface area contributed by atoms with Crippen molar-refractivity contribution in [2.45, 2.75) is 6.92 Å². The van der Waals surface area contributed by atoms with Crippen LogP contribution < -0.4 is 4.90 Å². The number of aromatic nitrogens is 5. The standard InChI is InChI=1S/C18H18FN7O/c1-13-10-14(19)2-3-16(13)26-12-15(22-23-26)18(27)25-8-6-24(7-9-25)17-11-20-4-5-21-17/h2-5,10-12H,6-9H2,1H3. The van der Waals surface area contributed by atoms with Crippen LogP contribution in [0.1, 0.15) is 16.1 Å². The zero-order valence-corrected chi connectivity index (χ0v) is 14.8. The first-order chi connectivity index (χ1) is 13.1. The van der Waals surface area contributed by atoms with Crippen molar-refractivity contribution in [3.8, 4) is 5.69 Å². The molecule has 1 fully saturated rings. The fourth-order valence-electron chi connectivity index (χ4n) is 3.11. The number of carbonyl (C=O) groups excluding carboxylic acids is 1. The predicted molar refractivity (Wildman–Crippen MR) is 96.2 cm³/mol. The summed E-state index contributed by atoms with van der Waals surface area (Å²) >= 11 is 0. The second kappa shape index (κ2) is 7.10. The normalized spacial score (nSPS) is 14.4. The Bertz CT molecular complexity index is 951. The highest BCUT2D eigenvalue weighted by Crippen LogP contribution is 2.16. The largest absolute Gasteiger partial charge is 0.352 e. The van der Waals surface area contributed by atoms with Gasteiger partial charge in [0.15, 0.2) is 5.69 Å². The molecule has 1 aromatic carbocycles. The van der Waals surface area contributed by atoms with Gasteiger partial charge in [-0.05, 0) is 30.7 Å². The number of nitrogens with zero attached hydrogens (tertiary/aromatic N) is 7. The molecule has 0 spiro atoms. The minimum Gasteiger partial charge on any atom is -0.352 e. The summed E-state index contributed by atoms with van der Waals surface area (Å²) in [4.78, 5) is 24.9. The maximum absolute atomic E-state index is 13.3. The number of rotatable bonds is 3. The van der Waals surface area contributed by atoms with Gasteiger partial charge in [0.25, 0.3) is 5.91 Å². The van der Waals surface area contributed by atoms with Gasteiger partial charge in [0.05, 0.1) is 18.1 Å². The summed E-state index contributed by atoms with van der Waals surface area (Å²) in [5.41, 5.74) is 1.68. The van der Waals surface area contributed by atoms with Crippen molar-refractivity contribution < 1.29 is 9.18 Å². The second-order valence-electron chi connectivity index (χ2n) is 6.32. The SMILES string of the molecule is Cc1cc(F)ccc1-n1cc(C(=O)N2CCN(c3cnccn3)CC2)nn1. The molecule has 0 N–H and O–H groups in total. The number of halogens is 1. The zero-order valence-electron chi connectivity index (χ0n) is 14.8. The van der Waals surface area contributed by atoms with Crippen molar-refractivity contribution in [3.63, 3.8) is 0 Å². The minimum absolute atomic E-state index is 0.167. The van der Waals surface area contributed by atoms with Gasteiger partial charge in [0.1, 0.15) is 11.6 Å². The van der Waals surface area contributed by atoms with E-state index in [1.165, 1.54) is 16.8 Å². The van der Waals surface area contributed by atoms with Gasteiger partial charge in [0.2, 0.25) is 0 Å². The Morgan fingerprint density at radius 3 is 2.67 bits per heavy atom. The van der Waals surface area contributed by atoms with Crippen LogP contribution in [0.5, 0.6) is 0 Å². The van der Waals surface area contributed by atoms with Gasteiger partial charge in [0, 0.05) is 38.6 Å². The number of amides is 1. The minimum atomic E-state index is -0.311. The maximum Gasteiger partial charge on any atom is 0.276 e. The highest BCUT2D eigenvalue weighted by molar-refractivity contribution is 5.92. The lowest BCUT2D eigenvalue weighted by Crippen LogP contribution is -2.49. The van der Waals surface area contributed by atoms with Gasteiger partial charge in [-0.2, -0.15) is 0 Å². The van der Waals surface area contributed by atoms with Crippen molar-refractivity contribution in [3.05, 3.63) is 60.1 Å². The van der Waals surface area contributed by atoms with Gasteiger partial charge in [-0.25, -0.2) is 14.1 Å². The Morgan fingerprint density at radius 1 is 1.15 bits per heavy atom. The van der Waals surface area contributed by atoms with Gasteiger partial charge in [-0.15, -0.1) is 5.10 Å². The highest BCUT2D eigenvalue weighted by Gasteiger charge is 2.25. The summed E-state index contributed by atoms with van der Waals surface area (Å²) in [5.74, 6) is 0.329. The van der Waals surface area contributed by atoms with Crippen molar-refractivity contribution in [2.24, 2.45) is 0 Å². The molecule has 1 aliphatic rings. The van der Waals surface area contributed by atoms with Crippen LogP contribution >= 0.6 is 0 Å². The third-order valence-electron chi connectivity index (χ3n) is 4.56. The van der Waals surface area contributed by atoms with Crippen molar-refractivity contribution in [1.29, 1.82) is 0 Å². The Kier molecular flexibility index (Phi) is 4.49. The monoisotopic (exact) mass is 367 g/mol. The fourth-order valence-corrected chi connectivity index (χ4v) is 3.11. The second-order valence-corrected chi connectivity index (χ2v) is 6.32. The van der Waals surface area contributed by atoms with Crippen LogP contribution in [-0.4, -0.2) is 61.9 Å². The van der Waals surface area contributed by atoms with Gasteiger partial charge in [-0.1, -0.05) is 5.21 Å². The number of hydrogen-bond donors (Lipinski definition) is 0. The van der Waals surface area contributed by atoms with E-state index < -0.39 is 0 Å². The number of hydrogen-bond acceptors (Lipinski definition) is 6. The van der Waals surface area contributed by atoms with Crippen molar-refractivity contribution in [2.75, 3.05) is 31.1 Å². The van der Waals surface area contributed by atoms with Gasteiger partial charge < -0.3 is 9.80 Å². The molecule has 9 heteroatoms. The number of carbonyl (C=O) groups is 1. The molecule has 138 valence electrons. The Labute approximate surface area is 155 Å². The molecule has 3 heterocycles. The summed E-state index contributed by atoms with van der Waals surface area (Å²) < 4.78 is 14.8. The summed E-state index contributed by atoms with van der Waals surface area (Å²) in [6.07, 6.45) is 6.59. The Morgan fingerprint density at radius 2 is 1.96 bits per heavy atom. The van der Waals surface area contributed by atoms with Crippen LogP contribution in [0.4, 0.5) is 10.2 Å². The topological polar surface area (TPSA) is 80.0 Å². The molecule has 0 bridgehead atoms. The molecule has 0 atom stereocenters. The van der Waals surface area contributed by atoms with Crippen LogP contribution in [0.25, 0.3) is 5.69 Å². The smallest absolute Gasteiger partial charge is 0.276 e. The van der Waals surface area contributed by atoms with E-state index in [-0.39, 0.29) is 17.4 Å². The van der Waals surface area contributed by atoms with Crippen LogP contribution in [0, 0.1) is 12.7 Å². The maximum atomic E-state index is 13.3. The van der Waals surface area contributed by atoms with E-state index in [2.05, 4.69) is 25.2 Å². The van der Waals surface area contributed by atoms with Crippen molar-refractivity contribution >= 4 is 11.7 Å². The first-order valence-electron chi connectivity index (χ1n) is 8.61. The number of piperazine rings is 1. The first kappa shape index (κ1) is 17.1. The highest BCUT2D eigenvalue weighted by atomic mass is 19.1. The fraction of sp³-hybridized carbons (Fsp3) is 0.278. The molecule has 2 aromatic heterocycles. The van der Waals surface area contributed by atoms with Crippen molar-refractivity contribution in [1.82, 2.24) is 29.9 Å². The molecule has 0 saturated carbocycles. The van der Waals surface area contributed by atoms with Crippen LogP contribution in [-0.2, 0) is 0 Å². The van der Waals surface area contributed by atoms with E-state index in [1.54, 1.807) is 42.7 Å². The lowest BCUT2D eigenvalue weighted by Gasteiger charge is -2.34. The predicted octanol–water partition coefficient (Wildman–Crippen LogP) is 1.47. The van der Waals surface area contributed by atoms with E-state index in [9.17, 15) is 9.18 Å². The molecule has 1 aliphatic heterocycles. The average Bonchev–Trinajstić information content (AvgIpc) is 3.18. The molecule has 4 rings (SSSR count). The van der Waals surface area contributed by atoms with Gasteiger partial charge >= 0.3 is 0 Å². The van der Waals surface area contributed by atoms with Gasteiger partial charge in [-0.3, -0.25) is 9.78 Å².